The van der Waals surface area contributed by atoms with E-state index in [4.69, 9.17) is 11.2 Å². The van der Waals surface area contributed by atoms with Gasteiger partial charge in [0.05, 0.1) is 20.7 Å². The van der Waals surface area contributed by atoms with Crippen LogP contribution >= 0.6 is 15.9 Å². The smallest absolute Gasteiger partial charge is 1.00 e. The molecule has 0 aromatic carbocycles. The summed E-state index contributed by atoms with van der Waals surface area (Å²) in [6, 6.07) is 0. The van der Waals surface area contributed by atoms with Gasteiger partial charge in [-0.25, -0.2) is 0 Å². The van der Waals surface area contributed by atoms with Gasteiger partial charge < -0.3 is 45.9 Å². The fourth-order valence-electron chi connectivity index (χ4n) is 3.22. The molecule has 14 heteroatoms. The van der Waals surface area contributed by atoms with Crippen molar-refractivity contribution in [2.45, 2.75) is 63.6 Å². The summed E-state index contributed by atoms with van der Waals surface area (Å²) in [5.41, 5.74) is 0. The monoisotopic (exact) mass is 681 g/mol. The summed E-state index contributed by atoms with van der Waals surface area (Å²) in [6.45, 7) is 3.96. The van der Waals surface area contributed by atoms with Crippen molar-refractivity contribution in [2.75, 3.05) is 102 Å². The molecule has 0 aliphatic rings. The zero-order valence-electron chi connectivity index (χ0n) is 29.8. The van der Waals surface area contributed by atoms with Gasteiger partial charge >= 0.3 is 65.1 Å². The van der Waals surface area contributed by atoms with Gasteiger partial charge in [-0.1, -0.05) is 28.8 Å². The van der Waals surface area contributed by atoms with Crippen molar-refractivity contribution in [1.29, 1.82) is 0 Å². The number of aliphatic hydroxyl groups is 1. The third kappa shape index (κ3) is 61.0. The average Bonchev–Trinajstić information content (AvgIpc) is 2.78. The van der Waals surface area contributed by atoms with E-state index in [1.807, 2.05) is 66.2 Å². The molecule has 0 fully saturated rings. The van der Waals surface area contributed by atoms with Gasteiger partial charge in [0.1, 0.15) is 0 Å². The molecule has 0 saturated heterocycles. The molecule has 240 valence electrons. The van der Waals surface area contributed by atoms with Crippen LogP contribution in [-0.4, -0.2) is 156 Å². The minimum absolute atomic E-state index is 0. The molecule has 10 nitrogen and oxygen atoms in total. The molecule has 0 bridgehead atoms. The largest absolute Gasteiger partial charge is 1.00 e. The number of carbonyl (C=O) groups excluding carboxylic acids is 1. The number of hydrogen-bond acceptors (Lipinski definition) is 9. The van der Waals surface area contributed by atoms with E-state index in [1.165, 1.54) is 0 Å². The zero-order valence-corrected chi connectivity index (χ0v) is 33.4. The van der Waals surface area contributed by atoms with Crippen LogP contribution in [0.15, 0.2) is 0 Å². The molecule has 2 N–H and O–H groups in total. The zero-order chi connectivity index (χ0) is 31.9. The molecule has 0 aromatic rings. The summed E-state index contributed by atoms with van der Waals surface area (Å²) in [5.74, 6) is -1.65. The van der Waals surface area contributed by atoms with Crippen molar-refractivity contribution in [3.63, 3.8) is 0 Å². The molecule has 0 aromatic heterocycles. The first-order valence-corrected chi connectivity index (χ1v) is 14.5. The second kappa shape index (κ2) is 41.1. The third-order valence-corrected chi connectivity index (χ3v) is 5.25. The van der Waals surface area contributed by atoms with Crippen LogP contribution in [0.2, 0.25) is 0 Å². The van der Waals surface area contributed by atoms with Gasteiger partial charge in [0.25, 0.3) is 0 Å². The maximum absolute atomic E-state index is 10.2. The Balaban J connectivity index is -0.0000000891. The Kier molecular flexibility index (Phi) is 51.8. The van der Waals surface area contributed by atoms with E-state index < -0.39 is 19.1 Å². The number of likely N-dealkylation sites (N-methyl/N-ethyl adjacent to an activating group) is 4. The fraction of sp³-hybridized carbons (Fsp3) is 0.926. The standard InChI is InChI=1S/C13H28N2O3.C7H18N2O.C6H11BrO2.CH3F.2Na.H/c1-14(2)10-12(11-15(3)4)18-9-7-5-6-8-13(16)17;1-8(2)5-7(10)6-9(3)4;7-5-3-1-2-4-6(8)9;1-2;;;/h12H,5-11H2,1-4H3,(H,16,17);7,10H,5-6H2,1-4H3;1-5H2,(H,8,9);1H3;;;/q;;;;2*+1;-1/p-1/i;;;1D;;;. The normalized spacial score (nSPS) is 10.6. The van der Waals surface area contributed by atoms with E-state index in [2.05, 4.69) is 25.7 Å². The minimum atomic E-state index is -1.00. The third-order valence-electron chi connectivity index (χ3n) is 4.69. The van der Waals surface area contributed by atoms with Crippen LogP contribution < -0.4 is 64.2 Å². The number of unbranched alkanes of at least 4 members (excludes halogenated alkanes) is 4. The summed E-state index contributed by atoms with van der Waals surface area (Å²) < 4.78 is 21.3. The van der Waals surface area contributed by atoms with Gasteiger partial charge in [0.2, 0.25) is 0 Å². The molecular weight excluding hydrogens is 621 g/mol. The summed E-state index contributed by atoms with van der Waals surface area (Å²) in [5, 5.41) is 28.7. The molecule has 41 heavy (non-hydrogen) atoms. The van der Waals surface area contributed by atoms with Crippen LogP contribution in [0.25, 0.3) is 0 Å². The van der Waals surface area contributed by atoms with Crippen molar-refractivity contribution in [3.05, 3.63) is 0 Å². The van der Waals surface area contributed by atoms with Crippen LogP contribution in [0.3, 0.4) is 0 Å². The van der Waals surface area contributed by atoms with Gasteiger partial charge in [-0.3, -0.25) is 9.18 Å². The molecule has 0 aliphatic carbocycles. The molecule has 0 radical (unpaired) electrons. The second-order valence-corrected chi connectivity index (χ2v) is 11.1. The van der Waals surface area contributed by atoms with Gasteiger partial charge in [-0.15, -0.1) is 0 Å². The van der Waals surface area contributed by atoms with Crippen LogP contribution in [0, 0.1) is 0 Å². The Morgan fingerprint density at radius 3 is 1.56 bits per heavy atom. The number of halogens is 2. The molecule has 0 saturated carbocycles. The number of alkyl halides is 2. The maximum atomic E-state index is 10.2. The number of nitrogens with zero attached hydrogens (tertiary/aromatic N) is 4. The van der Waals surface area contributed by atoms with Crippen LogP contribution in [0.1, 0.15) is 54.2 Å². The SMILES string of the molecule is CN(C)CC(CN(C)C)OCCCCCC(=O)[O-].CN(C)CC(O)CN(C)C.O=C(O)CCCCCBr.[2H]CF.[H-].[Na+].[Na+]. The minimum Gasteiger partial charge on any atom is -1.00 e. The van der Waals surface area contributed by atoms with Crippen molar-refractivity contribution in [2.24, 2.45) is 0 Å². The summed E-state index contributed by atoms with van der Waals surface area (Å²) in [4.78, 5) is 28.4. The van der Waals surface area contributed by atoms with Gasteiger partial charge in [-0.2, -0.15) is 0 Å². The van der Waals surface area contributed by atoms with Crippen molar-refractivity contribution in [3.8, 4) is 0 Å². The molecule has 0 heterocycles. The number of hydrogen-bond donors (Lipinski definition) is 2. The average molecular weight is 683 g/mol. The number of carbonyl (C=O) groups is 2. The van der Waals surface area contributed by atoms with Gasteiger partial charge in [0.15, 0.2) is 0 Å². The Hall–Kier alpha value is 1.11. The van der Waals surface area contributed by atoms with E-state index >= 15 is 0 Å². The number of aliphatic carboxylic acids is 2. The van der Waals surface area contributed by atoms with Crippen molar-refractivity contribution < 1.29 is 95.9 Å². The number of aliphatic hydroxyl groups excluding tert-OH is 1. The first-order valence-electron chi connectivity index (χ1n) is 14.0. The summed E-state index contributed by atoms with van der Waals surface area (Å²) in [7, 11) is 15.0. The van der Waals surface area contributed by atoms with E-state index in [0.717, 1.165) is 63.6 Å². The predicted octanol–water partition coefficient (Wildman–Crippen LogP) is -3.99. The molecule has 0 unspecified atom stereocenters. The number of carboxylic acids is 2. The summed E-state index contributed by atoms with van der Waals surface area (Å²) >= 11 is 3.27. The van der Waals surface area contributed by atoms with E-state index in [-0.39, 0.29) is 79.2 Å². The molecule has 0 atom stereocenters. The Morgan fingerprint density at radius 2 is 1.22 bits per heavy atom. The maximum Gasteiger partial charge on any atom is 1.00 e. The molecule has 0 aliphatic heterocycles. The van der Waals surface area contributed by atoms with E-state index in [1.54, 1.807) is 0 Å². The molecule has 0 spiro atoms. The quantitative estimate of drug-likeness (QED) is 0.0748. The first-order chi connectivity index (χ1) is 18.6. The fourth-order valence-corrected chi connectivity index (χ4v) is 3.62. The topological polar surface area (TPSA) is 120 Å². The predicted molar refractivity (Wildman–Crippen MR) is 161 cm³/mol. The number of rotatable bonds is 20. The molecule has 0 rings (SSSR count). The second-order valence-electron chi connectivity index (χ2n) is 10.3. The Bertz CT molecular complexity index is 550. The number of ether oxygens (including phenoxy) is 1. The van der Waals surface area contributed by atoms with Crippen molar-refractivity contribution in [1.82, 2.24) is 19.6 Å². The van der Waals surface area contributed by atoms with Crippen LogP contribution in [-0.2, 0) is 14.3 Å². The van der Waals surface area contributed by atoms with E-state index in [0.29, 0.717) is 19.4 Å². The van der Waals surface area contributed by atoms with Crippen LogP contribution in [0.5, 0.6) is 0 Å². The van der Waals surface area contributed by atoms with Gasteiger partial charge in [0, 0.05) is 50.5 Å². The Morgan fingerprint density at radius 1 is 0.829 bits per heavy atom. The van der Waals surface area contributed by atoms with Crippen LogP contribution in [0.4, 0.5) is 4.39 Å². The molecule has 0 amide bonds. The number of carboxylic acid groups (broad SMARTS) is 2. The molecular formula is C27H60BrFN4Na2O6. The summed E-state index contributed by atoms with van der Waals surface area (Å²) in [6.07, 6.45) is 5.80. The Labute approximate surface area is 306 Å². The first kappa shape index (κ1) is 51.7. The van der Waals surface area contributed by atoms with Crippen molar-refractivity contribution >= 4 is 27.9 Å². The van der Waals surface area contributed by atoms with Gasteiger partial charge in [-0.05, 0) is 88.5 Å². The van der Waals surface area contributed by atoms with E-state index in [9.17, 15) is 24.2 Å².